The lowest BCUT2D eigenvalue weighted by atomic mass is 10.2. The second-order valence-electron chi connectivity index (χ2n) is 4.04. The molecule has 0 N–H and O–H groups in total. The van der Waals surface area contributed by atoms with Gasteiger partial charge in [-0.2, -0.15) is 8.42 Å². The molecular weight excluding hydrogens is 297 g/mol. The second kappa shape index (κ2) is 5.92. The molecule has 0 saturated carbocycles. The molecule has 0 aliphatic carbocycles. The van der Waals surface area contributed by atoms with Gasteiger partial charge in [-0.3, -0.25) is 0 Å². The Bertz CT molecular complexity index is 747. The molecule has 21 heavy (non-hydrogen) atoms. The number of hydrogen-bond donors (Lipinski definition) is 0. The van der Waals surface area contributed by atoms with E-state index >= 15 is 0 Å². The van der Waals surface area contributed by atoms with Crippen molar-refractivity contribution in [2.75, 3.05) is 11.6 Å². The molecule has 0 spiro atoms. The molecular formula is C14H12FNO4S. The third kappa shape index (κ3) is 2.87. The number of sulfonamides is 1. The van der Waals surface area contributed by atoms with Gasteiger partial charge >= 0.3 is 5.97 Å². The Morgan fingerprint density at radius 2 is 1.62 bits per heavy atom. The number of esters is 1. The average Bonchev–Trinajstić information content (AvgIpc) is 2.54. The monoisotopic (exact) mass is 309 g/mol. The highest BCUT2D eigenvalue weighted by molar-refractivity contribution is 7.92. The number of nitrogens with zero attached hydrogens (tertiary/aromatic N) is 1. The Morgan fingerprint density at radius 1 is 1.05 bits per heavy atom. The molecule has 5 nitrogen and oxygen atoms in total. The molecule has 0 atom stereocenters. The van der Waals surface area contributed by atoms with Crippen LogP contribution in [0.5, 0.6) is 0 Å². The highest BCUT2D eigenvalue weighted by Gasteiger charge is 2.29. The molecule has 2 aromatic carbocycles. The minimum absolute atomic E-state index is 0.155. The van der Waals surface area contributed by atoms with E-state index in [1.165, 1.54) is 42.5 Å². The van der Waals surface area contributed by atoms with Crippen LogP contribution in [0.1, 0.15) is 10.4 Å². The summed E-state index contributed by atoms with van der Waals surface area (Å²) in [4.78, 5) is 11.2. The summed E-state index contributed by atoms with van der Waals surface area (Å²) in [5, 5.41) is 0. The first kappa shape index (κ1) is 15.0. The summed E-state index contributed by atoms with van der Waals surface area (Å²) in [5.74, 6) is -0.851. The minimum Gasteiger partial charge on any atom is -0.465 e. The fourth-order valence-corrected chi connectivity index (χ4v) is 2.99. The van der Waals surface area contributed by atoms with E-state index in [4.69, 9.17) is 0 Å². The summed E-state index contributed by atoms with van der Waals surface area (Å²) in [7, 11) is -3.39. The van der Waals surface area contributed by atoms with Crippen LogP contribution in [-0.4, -0.2) is 21.5 Å². The van der Waals surface area contributed by atoms with E-state index in [1.807, 2.05) is 0 Å². The van der Waals surface area contributed by atoms with Crippen LogP contribution < -0.4 is 4.53 Å². The summed E-state index contributed by atoms with van der Waals surface area (Å²) in [5.41, 5.74) is -0.379. The standard InChI is InChI=1S/C14H12FNO4S/c1-20-14(17)12-9-5-6-10-13(12)21(18,19)16(15)11-7-3-2-4-8-11/h2-10H,1H3. The number of halogens is 1. The van der Waals surface area contributed by atoms with Crippen LogP contribution in [0.3, 0.4) is 0 Å². The molecule has 0 aliphatic rings. The van der Waals surface area contributed by atoms with Gasteiger partial charge in [0.1, 0.15) is 4.90 Å². The van der Waals surface area contributed by atoms with Crippen LogP contribution in [-0.2, 0) is 14.8 Å². The molecule has 110 valence electrons. The Kier molecular flexibility index (Phi) is 4.23. The number of hydrogen-bond acceptors (Lipinski definition) is 4. The predicted molar refractivity (Wildman–Crippen MR) is 75.0 cm³/mol. The normalized spacial score (nSPS) is 11.0. The molecule has 0 aromatic heterocycles. The van der Waals surface area contributed by atoms with E-state index in [0.717, 1.165) is 13.2 Å². The van der Waals surface area contributed by atoms with Crippen LogP contribution >= 0.6 is 0 Å². The maximum Gasteiger partial charge on any atom is 0.339 e. The lowest BCUT2D eigenvalue weighted by Gasteiger charge is -2.15. The topological polar surface area (TPSA) is 63.7 Å². The van der Waals surface area contributed by atoms with Crippen molar-refractivity contribution in [1.82, 2.24) is 0 Å². The lowest BCUT2D eigenvalue weighted by Crippen LogP contribution is -2.24. The Morgan fingerprint density at radius 3 is 2.24 bits per heavy atom. The van der Waals surface area contributed by atoms with Gasteiger partial charge < -0.3 is 4.74 Å². The van der Waals surface area contributed by atoms with Crippen molar-refractivity contribution >= 4 is 21.7 Å². The molecule has 0 heterocycles. The number of rotatable bonds is 4. The van der Waals surface area contributed by atoms with Crippen molar-refractivity contribution in [2.45, 2.75) is 4.90 Å². The van der Waals surface area contributed by atoms with Gasteiger partial charge in [-0.1, -0.05) is 39.3 Å². The lowest BCUT2D eigenvalue weighted by molar-refractivity contribution is 0.0596. The van der Waals surface area contributed by atoms with Crippen molar-refractivity contribution in [3.8, 4) is 0 Å². The van der Waals surface area contributed by atoms with Crippen molar-refractivity contribution in [1.29, 1.82) is 0 Å². The SMILES string of the molecule is COC(=O)c1ccccc1S(=O)(=O)N(F)c1ccccc1. The number of carbonyl (C=O) groups excluding carboxylic acids is 1. The van der Waals surface area contributed by atoms with E-state index in [-0.39, 0.29) is 15.8 Å². The van der Waals surface area contributed by atoms with Crippen LogP contribution in [0, 0.1) is 0 Å². The maximum absolute atomic E-state index is 14.2. The van der Waals surface area contributed by atoms with E-state index in [1.54, 1.807) is 6.07 Å². The Hall–Kier alpha value is -2.41. The fourth-order valence-electron chi connectivity index (χ4n) is 1.74. The van der Waals surface area contributed by atoms with E-state index < -0.39 is 20.9 Å². The van der Waals surface area contributed by atoms with Gasteiger partial charge in [0.05, 0.1) is 18.4 Å². The average molecular weight is 309 g/mol. The number of anilines is 1. The first-order valence-electron chi connectivity index (χ1n) is 5.92. The van der Waals surface area contributed by atoms with Crippen molar-refractivity contribution < 1.29 is 22.4 Å². The smallest absolute Gasteiger partial charge is 0.339 e. The van der Waals surface area contributed by atoms with Crippen molar-refractivity contribution in [2.24, 2.45) is 0 Å². The molecule has 0 radical (unpaired) electrons. The number of para-hydroxylation sites is 1. The third-order valence-corrected chi connectivity index (χ3v) is 4.29. The van der Waals surface area contributed by atoms with Crippen LogP contribution in [0.2, 0.25) is 0 Å². The van der Waals surface area contributed by atoms with Gasteiger partial charge in [-0.05, 0) is 24.3 Å². The maximum atomic E-state index is 14.2. The van der Waals surface area contributed by atoms with Crippen molar-refractivity contribution in [3.63, 3.8) is 0 Å². The van der Waals surface area contributed by atoms with Gasteiger partial charge in [0.2, 0.25) is 0 Å². The molecule has 0 saturated heterocycles. The number of carbonyl (C=O) groups is 1. The van der Waals surface area contributed by atoms with E-state index in [2.05, 4.69) is 4.74 Å². The quantitative estimate of drug-likeness (QED) is 0.643. The summed E-state index contributed by atoms with van der Waals surface area (Å²) in [6.45, 7) is 0. The van der Waals surface area contributed by atoms with Crippen LogP contribution in [0.4, 0.5) is 10.2 Å². The molecule has 0 aliphatic heterocycles. The van der Waals surface area contributed by atoms with Crippen LogP contribution in [0.25, 0.3) is 0 Å². The molecule has 2 aromatic rings. The van der Waals surface area contributed by atoms with Crippen molar-refractivity contribution in [3.05, 3.63) is 60.2 Å². The molecule has 0 fully saturated rings. The van der Waals surface area contributed by atoms with Crippen LogP contribution in [0.15, 0.2) is 59.5 Å². The molecule has 2 rings (SSSR count). The molecule has 7 heteroatoms. The summed E-state index contributed by atoms with van der Waals surface area (Å²) in [6, 6.07) is 12.5. The first-order chi connectivity index (χ1) is 9.98. The number of methoxy groups -OCH3 is 1. The van der Waals surface area contributed by atoms with Gasteiger partial charge in [0.15, 0.2) is 0 Å². The number of ether oxygens (including phenoxy) is 1. The minimum atomic E-state index is -4.51. The summed E-state index contributed by atoms with van der Waals surface area (Å²) >= 11 is 0. The Labute approximate surface area is 121 Å². The Balaban J connectivity index is 2.53. The van der Waals surface area contributed by atoms with Gasteiger partial charge in [-0.15, -0.1) is 0 Å². The summed E-state index contributed by atoms with van der Waals surface area (Å²) in [6.07, 6.45) is 0. The molecule has 0 amide bonds. The third-order valence-electron chi connectivity index (χ3n) is 2.74. The largest absolute Gasteiger partial charge is 0.465 e. The van der Waals surface area contributed by atoms with Gasteiger partial charge in [-0.25, -0.2) is 4.79 Å². The summed E-state index contributed by atoms with van der Waals surface area (Å²) < 4.78 is 43.0. The highest BCUT2D eigenvalue weighted by Crippen LogP contribution is 2.26. The second-order valence-corrected chi connectivity index (χ2v) is 5.75. The van der Waals surface area contributed by atoms with Gasteiger partial charge in [0, 0.05) is 0 Å². The zero-order chi connectivity index (χ0) is 15.5. The molecule has 0 unspecified atom stereocenters. The predicted octanol–water partition coefficient (Wildman–Crippen LogP) is 2.55. The van der Waals surface area contributed by atoms with Gasteiger partial charge in [0.25, 0.3) is 10.0 Å². The zero-order valence-electron chi connectivity index (χ0n) is 11.1. The first-order valence-corrected chi connectivity index (χ1v) is 7.36. The molecule has 0 bridgehead atoms. The number of benzene rings is 2. The fraction of sp³-hybridized carbons (Fsp3) is 0.0714. The highest BCUT2D eigenvalue weighted by atomic mass is 32.2. The van der Waals surface area contributed by atoms with E-state index in [9.17, 15) is 17.7 Å². The van der Waals surface area contributed by atoms with E-state index in [0.29, 0.717) is 0 Å². The zero-order valence-corrected chi connectivity index (χ0v) is 11.9.